The van der Waals surface area contributed by atoms with Gasteiger partial charge < -0.3 is 9.47 Å². The number of halogens is 2. The molecule has 0 saturated carbocycles. The van der Waals surface area contributed by atoms with Crippen molar-refractivity contribution in [1.82, 2.24) is 5.43 Å². The minimum absolute atomic E-state index is 0.294. The van der Waals surface area contributed by atoms with E-state index < -0.39 is 11.9 Å². The highest BCUT2D eigenvalue weighted by Crippen LogP contribution is 2.23. The highest BCUT2D eigenvalue weighted by Gasteiger charge is 2.12. The third-order valence-corrected chi connectivity index (χ3v) is 4.76. The fourth-order valence-corrected chi connectivity index (χ4v) is 3.15. The Morgan fingerprint density at radius 1 is 1.06 bits per heavy atom. The number of esters is 1. The Balaban J connectivity index is 1.72. The van der Waals surface area contributed by atoms with Gasteiger partial charge in [-0.15, -0.1) is 0 Å². The molecule has 0 saturated heterocycles. The van der Waals surface area contributed by atoms with Gasteiger partial charge in [-0.2, -0.15) is 5.10 Å². The molecule has 6 nitrogen and oxygen atoms in total. The lowest BCUT2D eigenvalue weighted by Gasteiger charge is -2.09. The van der Waals surface area contributed by atoms with Gasteiger partial charge in [0.15, 0.2) is 0 Å². The molecule has 0 aromatic heterocycles. The van der Waals surface area contributed by atoms with Crippen LogP contribution in [0.3, 0.4) is 0 Å². The van der Waals surface area contributed by atoms with Gasteiger partial charge in [0.25, 0.3) is 5.91 Å². The molecule has 1 amide bonds. The number of hydrogen-bond acceptors (Lipinski definition) is 5. The average Bonchev–Trinajstić information content (AvgIpc) is 2.76. The summed E-state index contributed by atoms with van der Waals surface area (Å²) in [5.41, 5.74) is 3.68. The third kappa shape index (κ3) is 6.41. The Labute approximate surface area is 193 Å². The highest BCUT2D eigenvalue weighted by atomic mass is 79.9. The number of hydrogen-bond donors (Lipinski definition) is 1. The summed E-state index contributed by atoms with van der Waals surface area (Å²) in [5.74, 6) is 0.0264. The van der Waals surface area contributed by atoms with E-state index in [1.165, 1.54) is 12.3 Å². The van der Waals surface area contributed by atoms with Crippen molar-refractivity contribution >= 4 is 45.6 Å². The zero-order chi connectivity index (χ0) is 22.2. The minimum Gasteiger partial charge on any atom is -0.494 e. The fraction of sp³-hybridized carbons (Fsp3) is 0.0870. The van der Waals surface area contributed by atoms with Crippen LogP contribution in [-0.2, 0) is 0 Å². The number of hydrazone groups is 1. The number of nitrogens with zero attached hydrogens (tertiary/aromatic N) is 1. The number of amides is 1. The lowest BCUT2D eigenvalue weighted by atomic mass is 10.2. The Morgan fingerprint density at radius 3 is 2.55 bits per heavy atom. The van der Waals surface area contributed by atoms with Crippen molar-refractivity contribution in [1.29, 1.82) is 0 Å². The first-order valence-corrected chi connectivity index (χ1v) is 10.5. The van der Waals surface area contributed by atoms with E-state index in [-0.39, 0.29) is 0 Å². The molecule has 0 bridgehead atoms. The standard InChI is InChI=1S/C23H18BrClN2O4/c1-2-30-20-9-6-15(7-10-20)23(29)31-21-11-8-18(24)12-17(21)14-26-27-22(28)16-4-3-5-19(25)13-16/h3-14H,2H2,1H3,(H,27,28)/b26-14+. The highest BCUT2D eigenvalue weighted by molar-refractivity contribution is 9.10. The van der Waals surface area contributed by atoms with Crippen molar-refractivity contribution in [3.8, 4) is 11.5 Å². The quantitative estimate of drug-likeness (QED) is 0.201. The van der Waals surface area contributed by atoms with Gasteiger partial charge in [0.05, 0.1) is 18.4 Å². The zero-order valence-corrected chi connectivity index (χ0v) is 18.8. The molecule has 0 unspecified atom stereocenters. The van der Waals surface area contributed by atoms with Gasteiger partial charge >= 0.3 is 5.97 Å². The molecule has 158 valence electrons. The predicted molar refractivity (Wildman–Crippen MR) is 123 cm³/mol. The Kier molecular flexibility index (Phi) is 7.81. The van der Waals surface area contributed by atoms with Crippen LogP contribution in [0.2, 0.25) is 5.02 Å². The van der Waals surface area contributed by atoms with Crippen LogP contribution >= 0.6 is 27.5 Å². The van der Waals surface area contributed by atoms with Crippen LogP contribution < -0.4 is 14.9 Å². The molecule has 3 aromatic carbocycles. The maximum Gasteiger partial charge on any atom is 0.343 e. The summed E-state index contributed by atoms with van der Waals surface area (Å²) in [5, 5.41) is 4.42. The van der Waals surface area contributed by atoms with Crippen molar-refractivity contribution in [3.05, 3.63) is 92.9 Å². The summed E-state index contributed by atoms with van der Waals surface area (Å²) in [6.07, 6.45) is 1.40. The van der Waals surface area contributed by atoms with Crippen LogP contribution in [0.25, 0.3) is 0 Å². The summed E-state index contributed by atoms with van der Waals surface area (Å²) in [4.78, 5) is 24.7. The van der Waals surface area contributed by atoms with E-state index in [9.17, 15) is 9.59 Å². The summed E-state index contributed by atoms with van der Waals surface area (Å²) in [6.45, 7) is 2.43. The van der Waals surface area contributed by atoms with Crippen molar-refractivity contribution in [2.75, 3.05) is 6.61 Å². The second-order valence-electron chi connectivity index (χ2n) is 6.24. The second-order valence-corrected chi connectivity index (χ2v) is 7.59. The minimum atomic E-state index is -0.525. The summed E-state index contributed by atoms with van der Waals surface area (Å²) >= 11 is 9.28. The average molecular weight is 502 g/mol. The smallest absolute Gasteiger partial charge is 0.343 e. The molecule has 0 heterocycles. The molecule has 0 fully saturated rings. The van der Waals surface area contributed by atoms with E-state index in [1.54, 1.807) is 60.7 Å². The first-order chi connectivity index (χ1) is 15.0. The van der Waals surface area contributed by atoms with Crippen LogP contribution in [0.5, 0.6) is 11.5 Å². The molecule has 3 aromatic rings. The second kappa shape index (κ2) is 10.7. The summed E-state index contributed by atoms with van der Waals surface area (Å²) < 4.78 is 11.7. The maximum absolute atomic E-state index is 12.5. The molecule has 31 heavy (non-hydrogen) atoms. The normalized spacial score (nSPS) is 10.7. The van der Waals surface area contributed by atoms with Crippen molar-refractivity contribution in [2.45, 2.75) is 6.92 Å². The number of ether oxygens (including phenoxy) is 2. The van der Waals surface area contributed by atoms with Crippen LogP contribution in [-0.4, -0.2) is 24.7 Å². The fourth-order valence-electron chi connectivity index (χ4n) is 2.58. The number of nitrogens with one attached hydrogen (secondary N) is 1. The molecule has 0 spiro atoms. The first kappa shape index (κ1) is 22.5. The number of rotatable bonds is 7. The third-order valence-electron chi connectivity index (χ3n) is 4.03. The van der Waals surface area contributed by atoms with Gasteiger partial charge in [-0.3, -0.25) is 4.79 Å². The molecule has 0 aliphatic heterocycles. The number of benzene rings is 3. The molecule has 0 aliphatic carbocycles. The lowest BCUT2D eigenvalue weighted by Crippen LogP contribution is -2.17. The first-order valence-electron chi connectivity index (χ1n) is 9.30. The predicted octanol–water partition coefficient (Wildman–Crippen LogP) is 5.48. The van der Waals surface area contributed by atoms with E-state index in [1.807, 2.05) is 6.92 Å². The van der Waals surface area contributed by atoms with Crippen molar-refractivity contribution < 1.29 is 19.1 Å². The maximum atomic E-state index is 12.5. The van der Waals surface area contributed by atoms with Gasteiger partial charge in [-0.25, -0.2) is 10.2 Å². The van der Waals surface area contributed by atoms with Crippen molar-refractivity contribution in [2.24, 2.45) is 5.10 Å². The van der Waals surface area contributed by atoms with Gasteiger partial charge in [-0.1, -0.05) is 33.6 Å². The summed E-state index contributed by atoms with van der Waals surface area (Å²) in [7, 11) is 0. The molecule has 0 aliphatic rings. The topological polar surface area (TPSA) is 77.0 Å². The van der Waals surface area contributed by atoms with E-state index in [0.29, 0.717) is 39.8 Å². The zero-order valence-electron chi connectivity index (χ0n) is 16.5. The lowest BCUT2D eigenvalue weighted by molar-refractivity contribution is 0.0734. The van der Waals surface area contributed by atoms with Crippen LogP contribution in [0.15, 0.2) is 76.3 Å². The molecular weight excluding hydrogens is 484 g/mol. The monoisotopic (exact) mass is 500 g/mol. The van der Waals surface area contributed by atoms with Gasteiger partial charge in [0.2, 0.25) is 0 Å². The number of carbonyl (C=O) groups excluding carboxylic acids is 2. The Morgan fingerprint density at radius 2 is 1.84 bits per heavy atom. The molecule has 1 N–H and O–H groups in total. The van der Waals surface area contributed by atoms with E-state index in [0.717, 1.165) is 4.47 Å². The van der Waals surface area contributed by atoms with E-state index in [2.05, 4.69) is 26.5 Å². The molecule has 0 atom stereocenters. The van der Waals surface area contributed by atoms with Crippen LogP contribution in [0.4, 0.5) is 0 Å². The van der Waals surface area contributed by atoms with Gasteiger partial charge in [-0.05, 0) is 67.6 Å². The summed E-state index contributed by atoms with van der Waals surface area (Å²) in [6, 6.07) is 18.3. The van der Waals surface area contributed by atoms with Gasteiger partial charge in [0, 0.05) is 20.6 Å². The Bertz CT molecular complexity index is 1120. The SMILES string of the molecule is CCOc1ccc(C(=O)Oc2ccc(Br)cc2/C=N/NC(=O)c2cccc(Cl)c2)cc1. The van der Waals surface area contributed by atoms with Crippen LogP contribution in [0.1, 0.15) is 33.2 Å². The van der Waals surface area contributed by atoms with Gasteiger partial charge in [0.1, 0.15) is 11.5 Å². The van der Waals surface area contributed by atoms with Crippen LogP contribution in [0, 0.1) is 0 Å². The molecular formula is C23H18BrClN2O4. The largest absolute Gasteiger partial charge is 0.494 e. The molecule has 3 rings (SSSR count). The van der Waals surface area contributed by atoms with E-state index in [4.69, 9.17) is 21.1 Å². The molecule has 8 heteroatoms. The van der Waals surface area contributed by atoms with E-state index >= 15 is 0 Å². The number of carbonyl (C=O) groups is 2. The Hall–Kier alpha value is -3.16. The molecule has 0 radical (unpaired) electrons. The van der Waals surface area contributed by atoms with Crippen molar-refractivity contribution in [3.63, 3.8) is 0 Å².